The minimum atomic E-state index is 0.398. The minimum absolute atomic E-state index is 0.398. The molecule has 94 valence electrons. The van der Waals surface area contributed by atoms with E-state index in [4.69, 9.17) is 0 Å². The third-order valence-corrected chi connectivity index (χ3v) is 3.02. The molecule has 1 aliphatic heterocycles. The summed E-state index contributed by atoms with van der Waals surface area (Å²) < 4.78 is 0. The molecule has 0 bridgehead atoms. The highest BCUT2D eigenvalue weighted by Crippen LogP contribution is 2.11. The number of nitrogens with zero attached hydrogens (tertiary/aromatic N) is 3. The van der Waals surface area contributed by atoms with E-state index in [0.29, 0.717) is 6.04 Å². The Balaban J connectivity index is 1.85. The van der Waals surface area contributed by atoms with E-state index < -0.39 is 0 Å². The van der Waals surface area contributed by atoms with Gasteiger partial charge in [0.15, 0.2) is 0 Å². The molecule has 2 rings (SSSR count). The maximum Gasteiger partial charge on any atom is 0.147 e. The number of anilines is 2. The monoisotopic (exact) mass is 235 g/mol. The van der Waals surface area contributed by atoms with Crippen molar-refractivity contribution in [3.8, 4) is 0 Å². The maximum atomic E-state index is 4.40. The Labute approximate surface area is 103 Å². The van der Waals surface area contributed by atoms with E-state index in [0.717, 1.165) is 18.2 Å². The smallest absolute Gasteiger partial charge is 0.147 e. The van der Waals surface area contributed by atoms with Gasteiger partial charge in [-0.3, -0.25) is 4.98 Å². The first-order chi connectivity index (χ1) is 8.28. The molecule has 0 aliphatic carbocycles. The first-order valence-corrected chi connectivity index (χ1v) is 6.26. The second-order valence-corrected chi connectivity index (χ2v) is 4.59. The third kappa shape index (κ3) is 3.56. The molecule has 0 amide bonds. The van der Waals surface area contributed by atoms with E-state index in [2.05, 4.69) is 32.4 Å². The largest absolute Gasteiger partial charge is 0.372 e. The summed E-state index contributed by atoms with van der Waals surface area (Å²) >= 11 is 0. The predicted molar refractivity (Wildman–Crippen MR) is 70.3 cm³/mol. The molecule has 5 heteroatoms. The van der Waals surface area contributed by atoms with E-state index in [9.17, 15) is 0 Å². The van der Waals surface area contributed by atoms with Crippen molar-refractivity contribution in [2.75, 3.05) is 37.3 Å². The molecule has 0 spiro atoms. The van der Waals surface area contributed by atoms with Gasteiger partial charge in [-0.15, -0.1) is 0 Å². The lowest BCUT2D eigenvalue weighted by molar-refractivity contribution is 0.327. The second kappa shape index (κ2) is 5.82. The fourth-order valence-corrected chi connectivity index (χ4v) is 2.21. The summed E-state index contributed by atoms with van der Waals surface area (Å²) in [5, 5.41) is 6.38. The van der Waals surface area contributed by atoms with Crippen molar-refractivity contribution in [1.82, 2.24) is 14.9 Å². The van der Waals surface area contributed by atoms with Crippen molar-refractivity contribution in [2.45, 2.75) is 25.8 Å². The Kier molecular flexibility index (Phi) is 4.14. The molecule has 0 radical (unpaired) electrons. The SMILES string of the molecule is CNc1cncc(NC(C)CN2CCCC2)n1. The molecule has 2 heterocycles. The van der Waals surface area contributed by atoms with Crippen molar-refractivity contribution >= 4 is 11.6 Å². The molecule has 0 saturated carbocycles. The Bertz CT molecular complexity index is 349. The standard InChI is InChI=1S/C12H21N5/c1-10(9-17-5-3-4-6-17)15-12-8-14-7-11(13-2)16-12/h7-8,10H,3-6,9H2,1-2H3,(H2,13,15,16). The molecule has 1 atom stereocenters. The average molecular weight is 235 g/mol. The first kappa shape index (κ1) is 12.1. The molecular formula is C12H21N5. The molecule has 1 aliphatic rings. The molecular weight excluding hydrogens is 214 g/mol. The van der Waals surface area contributed by atoms with Crippen molar-refractivity contribution in [3.05, 3.63) is 12.4 Å². The van der Waals surface area contributed by atoms with Crippen LogP contribution in [-0.4, -0.2) is 47.6 Å². The lowest BCUT2D eigenvalue weighted by atomic mass is 10.3. The molecule has 0 aromatic carbocycles. The summed E-state index contributed by atoms with van der Waals surface area (Å²) in [4.78, 5) is 11.0. The second-order valence-electron chi connectivity index (χ2n) is 4.59. The Morgan fingerprint density at radius 2 is 2.00 bits per heavy atom. The lowest BCUT2D eigenvalue weighted by Gasteiger charge is -2.21. The fraction of sp³-hybridized carbons (Fsp3) is 0.667. The Morgan fingerprint density at radius 3 is 2.71 bits per heavy atom. The molecule has 2 N–H and O–H groups in total. The molecule has 1 saturated heterocycles. The van der Waals surface area contributed by atoms with Crippen LogP contribution in [0.25, 0.3) is 0 Å². The van der Waals surface area contributed by atoms with Gasteiger partial charge in [-0.1, -0.05) is 0 Å². The quantitative estimate of drug-likeness (QED) is 0.808. The van der Waals surface area contributed by atoms with Crippen LogP contribution >= 0.6 is 0 Å². The molecule has 1 aromatic heterocycles. The van der Waals surface area contributed by atoms with Gasteiger partial charge in [-0.05, 0) is 32.9 Å². The van der Waals surface area contributed by atoms with Crippen LogP contribution in [0.15, 0.2) is 12.4 Å². The Hall–Kier alpha value is -1.36. The third-order valence-electron chi connectivity index (χ3n) is 3.02. The Morgan fingerprint density at radius 1 is 1.29 bits per heavy atom. The van der Waals surface area contributed by atoms with Crippen LogP contribution in [0.3, 0.4) is 0 Å². The van der Waals surface area contributed by atoms with Gasteiger partial charge in [0.1, 0.15) is 11.6 Å². The normalized spacial score (nSPS) is 18.0. The summed E-state index contributed by atoms with van der Waals surface area (Å²) in [6, 6.07) is 0.398. The molecule has 1 unspecified atom stereocenters. The number of hydrogen-bond donors (Lipinski definition) is 2. The molecule has 1 fully saturated rings. The number of hydrogen-bond acceptors (Lipinski definition) is 5. The van der Waals surface area contributed by atoms with Crippen LogP contribution < -0.4 is 10.6 Å². The summed E-state index contributed by atoms with van der Waals surface area (Å²) in [5.74, 6) is 1.63. The minimum Gasteiger partial charge on any atom is -0.372 e. The van der Waals surface area contributed by atoms with Crippen LogP contribution in [-0.2, 0) is 0 Å². The van der Waals surface area contributed by atoms with Crippen molar-refractivity contribution < 1.29 is 0 Å². The van der Waals surface area contributed by atoms with Crippen molar-refractivity contribution in [3.63, 3.8) is 0 Å². The van der Waals surface area contributed by atoms with Gasteiger partial charge in [-0.2, -0.15) is 0 Å². The summed E-state index contributed by atoms with van der Waals surface area (Å²) in [6.07, 6.45) is 6.15. The topological polar surface area (TPSA) is 53.1 Å². The highest BCUT2D eigenvalue weighted by atomic mass is 15.2. The number of nitrogens with one attached hydrogen (secondary N) is 2. The maximum absolute atomic E-state index is 4.40. The van der Waals surface area contributed by atoms with Gasteiger partial charge in [0.25, 0.3) is 0 Å². The fourth-order valence-electron chi connectivity index (χ4n) is 2.21. The molecule has 5 nitrogen and oxygen atoms in total. The van der Waals surface area contributed by atoms with Crippen LogP contribution in [0, 0.1) is 0 Å². The first-order valence-electron chi connectivity index (χ1n) is 6.26. The summed E-state index contributed by atoms with van der Waals surface area (Å²) in [7, 11) is 1.85. The summed E-state index contributed by atoms with van der Waals surface area (Å²) in [5.41, 5.74) is 0. The van der Waals surface area contributed by atoms with Gasteiger partial charge < -0.3 is 15.5 Å². The van der Waals surface area contributed by atoms with Gasteiger partial charge in [0, 0.05) is 19.6 Å². The van der Waals surface area contributed by atoms with Crippen LogP contribution in [0.2, 0.25) is 0 Å². The number of likely N-dealkylation sites (tertiary alicyclic amines) is 1. The highest BCUT2D eigenvalue weighted by molar-refractivity contribution is 5.41. The van der Waals surface area contributed by atoms with E-state index in [1.54, 1.807) is 12.4 Å². The van der Waals surface area contributed by atoms with Crippen LogP contribution in [0.4, 0.5) is 11.6 Å². The van der Waals surface area contributed by atoms with Gasteiger partial charge >= 0.3 is 0 Å². The zero-order valence-electron chi connectivity index (χ0n) is 10.6. The van der Waals surface area contributed by atoms with Crippen LogP contribution in [0.1, 0.15) is 19.8 Å². The van der Waals surface area contributed by atoms with E-state index in [1.807, 2.05) is 7.05 Å². The number of aromatic nitrogens is 2. The van der Waals surface area contributed by atoms with Crippen LogP contribution in [0.5, 0.6) is 0 Å². The zero-order chi connectivity index (χ0) is 12.1. The lowest BCUT2D eigenvalue weighted by Crippen LogP contribution is -2.33. The van der Waals surface area contributed by atoms with Gasteiger partial charge in [0.05, 0.1) is 12.4 Å². The van der Waals surface area contributed by atoms with E-state index in [1.165, 1.54) is 25.9 Å². The zero-order valence-corrected chi connectivity index (χ0v) is 10.6. The van der Waals surface area contributed by atoms with Crippen molar-refractivity contribution in [2.24, 2.45) is 0 Å². The van der Waals surface area contributed by atoms with Gasteiger partial charge in [-0.25, -0.2) is 4.98 Å². The van der Waals surface area contributed by atoms with E-state index >= 15 is 0 Å². The average Bonchev–Trinajstić information content (AvgIpc) is 2.82. The van der Waals surface area contributed by atoms with Crippen molar-refractivity contribution in [1.29, 1.82) is 0 Å². The predicted octanol–water partition coefficient (Wildman–Crippen LogP) is 1.41. The number of rotatable bonds is 5. The highest BCUT2D eigenvalue weighted by Gasteiger charge is 2.14. The summed E-state index contributed by atoms with van der Waals surface area (Å²) in [6.45, 7) is 5.72. The molecule has 17 heavy (non-hydrogen) atoms. The molecule has 1 aromatic rings. The van der Waals surface area contributed by atoms with Gasteiger partial charge in [0.2, 0.25) is 0 Å². The van der Waals surface area contributed by atoms with E-state index in [-0.39, 0.29) is 0 Å².